The maximum absolute atomic E-state index is 5.53. The molecule has 3 aromatic carbocycles. The molecular weight excluding hydrogens is 396 g/mol. The van der Waals surface area contributed by atoms with Gasteiger partial charge in [-0.2, -0.15) is 4.98 Å². The molecule has 5 nitrogen and oxygen atoms in total. The van der Waals surface area contributed by atoms with Crippen LogP contribution in [-0.2, 0) is 4.74 Å². The van der Waals surface area contributed by atoms with Crippen LogP contribution in [0.2, 0.25) is 0 Å². The topological polar surface area (TPSA) is 59.1 Å². The number of anilines is 3. The summed E-state index contributed by atoms with van der Waals surface area (Å²) in [7, 11) is 1.65. The molecule has 1 heterocycles. The molecule has 0 aliphatic carbocycles. The smallest absolute Gasteiger partial charge is 0.225 e. The number of nitrogens with zero attached hydrogens (tertiary/aromatic N) is 2. The minimum Gasteiger partial charge on any atom is -0.499 e. The van der Waals surface area contributed by atoms with Crippen molar-refractivity contribution in [2.45, 2.75) is 6.92 Å². The van der Waals surface area contributed by atoms with Gasteiger partial charge in [0.25, 0.3) is 0 Å². The zero-order valence-electron chi connectivity index (χ0n) is 18.3. The van der Waals surface area contributed by atoms with Gasteiger partial charge in [0.2, 0.25) is 5.95 Å². The normalized spacial score (nSPS) is 11.2. The molecule has 0 amide bonds. The van der Waals surface area contributed by atoms with Gasteiger partial charge in [0, 0.05) is 17.4 Å². The van der Waals surface area contributed by atoms with Crippen LogP contribution in [0.5, 0.6) is 0 Å². The van der Waals surface area contributed by atoms with Crippen LogP contribution in [0.15, 0.2) is 97.3 Å². The van der Waals surface area contributed by atoms with E-state index in [0.717, 1.165) is 34.1 Å². The van der Waals surface area contributed by atoms with Crippen LogP contribution in [-0.4, -0.2) is 23.6 Å². The summed E-state index contributed by atoms with van der Waals surface area (Å²) in [5.74, 6) is 2.00. The second-order valence-electron chi connectivity index (χ2n) is 7.46. The molecule has 0 bridgehead atoms. The van der Waals surface area contributed by atoms with Gasteiger partial charge in [-0.25, -0.2) is 4.98 Å². The Morgan fingerprint density at radius 2 is 1.69 bits per heavy atom. The van der Waals surface area contributed by atoms with Crippen LogP contribution in [0.3, 0.4) is 0 Å². The lowest BCUT2D eigenvalue weighted by Gasteiger charge is -2.12. The third-order valence-electron chi connectivity index (χ3n) is 5.04. The van der Waals surface area contributed by atoms with Crippen LogP contribution in [0.4, 0.5) is 17.5 Å². The molecule has 0 unspecified atom stereocenters. The number of aryl methyl sites for hydroxylation is 1. The molecule has 4 aromatic rings. The minimum absolute atomic E-state index is 0.446. The van der Waals surface area contributed by atoms with Gasteiger partial charge in [-0.1, -0.05) is 67.2 Å². The molecule has 4 rings (SSSR count). The number of hydrogen-bond acceptors (Lipinski definition) is 5. The molecular formula is C27H26N4O. The van der Waals surface area contributed by atoms with Gasteiger partial charge in [0.05, 0.1) is 13.7 Å². The Kier molecular flexibility index (Phi) is 6.46. The second-order valence-corrected chi connectivity index (χ2v) is 7.46. The fourth-order valence-corrected chi connectivity index (χ4v) is 3.40. The predicted molar refractivity (Wildman–Crippen MR) is 133 cm³/mol. The van der Waals surface area contributed by atoms with E-state index in [1.165, 1.54) is 10.8 Å². The molecule has 0 saturated heterocycles. The maximum atomic E-state index is 5.53. The van der Waals surface area contributed by atoms with Crippen molar-refractivity contribution in [1.82, 2.24) is 9.97 Å². The first-order valence-electron chi connectivity index (χ1n) is 10.4. The highest BCUT2D eigenvalue weighted by atomic mass is 16.5. The van der Waals surface area contributed by atoms with E-state index in [9.17, 15) is 0 Å². The van der Waals surface area contributed by atoms with Gasteiger partial charge < -0.3 is 15.4 Å². The summed E-state index contributed by atoms with van der Waals surface area (Å²) < 4.78 is 5.53. The van der Waals surface area contributed by atoms with Gasteiger partial charge in [-0.15, -0.1) is 0 Å². The average molecular weight is 423 g/mol. The average Bonchev–Trinajstić information content (AvgIpc) is 2.81. The summed E-state index contributed by atoms with van der Waals surface area (Å²) in [6.07, 6.45) is 1.92. The molecule has 0 spiro atoms. The van der Waals surface area contributed by atoms with Crippen molar-refractivity contribution in [3.05, 3.63) is 109 Å². The standard InChI is InChI=1S/C27H26N4O/c1-19(21-9-5-4-6-10-21)15-25(32-3)18-28-27-29-20(2)16-26(31-27)30-24-14-13-22-11-7-8-12-23(22)17-24/h4-17H,1,18H2,2-3H3,(H2,28,29,30,31)/b25-15-. The molecule has 0 saturated carbocycles. The van der Waals surface area contributed by atoms with E-state index in [2.05, 4.69) is 51.4 Å². The number of hydrogen-bond donors (Lipinski definition) is 2. The zero-order valence-corrected chi connectivity index (χ0v) is 18.3. The number of nitrogens with one attached hydrogen (secondary N) is 2. The summed E-state index contributed by atoms with van der Waals surface area (Å²) >= 11 is 0. The van der Waals surface area contributed by atoms with E-state index < -0.39 is 0 Å². The first kappa shape index (κ1) is 21.1. The Morgan fingerprint density at radius 1 is 0.938 bits per heavy atom. The monoisotopic (exact) mass is 422 g/mol. The van der Waals surface area contributed by atoms with E-state index >= 15 is 0 Å². The number of fused-ring (bicyclic) bond motifs is 1. The van der Waals surface area contributed by atoms with E-state index in [1.54, 1.807) is 7.11 Å². The van der Waals surface area contributed by atoms with Gasteiger partial charge >= 0.3 is 0 Å². The number of aromatic nitrogens is 2. The van der Waals surface area contributed by atoms with Crippen molar-refractivity contribution < 1.29 is 4.74 Å². The van der Waals surface area contributed by atoms with Gasteiger partial charge in [-0.05, 0) is 47.0 Å². The first-order chi connectivity index (χ1) is 15.6. The largest absolute Gasteiger partial charge is 0.499 e. The molecule has 160 valence electrons. The highest BCUT2D eigenvalue weighted by molar-refractivity contribution is 5.86. The number of methoxy groups -OCH3 is 1. The molecule has 2 N–H and O–H groups in total. The zero-order chi connectivity index (χ0) is 22.3. The summed E-state index contributed by atoms with van der Waals surface area (Å²) in [6.45, 7) is 6.53. The number of allylic oxidation sites excluding steroid dienone is 2. The molecule has 32 heavy (non-hydrogen) atoms. The molecule has 0 fully saturated rings. The summed E-state index contributed by atoms with van der Waals surface area (Å²) in [4.78, 5) is 9.12. The van der Waals surface area contributed by atoms with Gasteiger partial charge in [0.1, 0.15) is 11.6 Å². The lowest BCUT2D eigenvalue weighted by atomic mass is 10.1. The Morgan fingerprint density at radius 3 is 2.47 bits per heavy atom. The first-order valence-corrected chi connectivity index (χ1v) is 10.4. The van der Waals surface area contributed by atoms with Crippen molar-refractivity contribution in [2.24, 2.45) is 0 Å². The number of rotatable bonds is 8. The maximum Gasteiger partial charge on any atom is 0.225 e. The van der Waals surface area contributed by atoms with E-state index in [0.29, 0.717) is 12.5 Å². The fraction of sp³-hybridized carbons (Fsp3) is 0.111. The van der Waals surface area contributed by atoms with Crippen LogP contribution in [0.25, 0.3) is 16.3 Å². The third-order valence-corrected chi connectivity index (χ3v) is 5.04. The number of benzene rings is 3. The van der Waals surface area contributed by atoms with Crippen molar-refractivity contribution >= 4 is 33.8 Å². The molecule has 0 radical (unpaired) electrons. The third kappa shape index (κ3) is 5.32. The molecule has 0 atom stereocenters. The lowest BCUT2D eigenvalue weighted by molar-refractivity contribution is 0.290. The second kappa shape index (κ2) is 9.79. The van der Waals surface area contributed by atoms with Crippen LogP contribution >= 0.6 is 0 Å². The Balaban J connectivity index is 1.47. The van der Waals surface area contributed by atoms with Crippen LogP contribution in [0, 0.1) is 6.92 Å². The van der Waals surface area contributed by atoms with Crippen LogP contribution in [0.1, 0.15) is 11.3 Å². The highest BCUT2D eigenvalue weighted by Gasteiger charge is 2.06. The van der Waals surface area contributed by atoms with Crippen molar-refractivity contribution in [3.63, 3.8) is 0 Å². The molecule has 0 aliphatic rings. The molecule has 1 aromatic heterocycles. The Labute approximate surface area is 188 Å². The Hall–Kier alpha value is -4.12. The van der Waals surface area contributed by atoms with E-state index in [4.69, 9.17) is 4.74 Å². The quantitative estimate of drug-likeness (QED) is 0.256. The SMILES string of the molecule is C=C(/C=C(/CNc1nc(C)cc(Nc2ccc3ccccc3c2)n1)OC)c1ccccc1. The van der Waals surface area contributed by atoms with Gasteiger partial charge in [0.15, 0.2) is 0 Å². The number of ether oxygens (including phenoxy) is 1. The minimum atomic E-state index is 0.446. The van der Waals surface area contributed by atoms with Crippen molar-refractivity contribution in [1.29, 1.82) is 0 Å². The summed E-state index contributed by atoms with van der Waals surface area (Å²) in [5.41, 5.74) is 3.77. The molecule has 0 aliphatic heterocycles. The van der Waals surface area contributed by atoms with E-state index in [-0.39, 0.29) is 0 Å². The summed E-state index contributed by atoms with van der Waals surface area (Å²) in [6, 6.07) is 26.5. The fourth-order valence-electron chi connectivity index (χ4n) is 3.40. The predicted octanol–water partition coefficient (Wildman–Crippen LogP) is 6.34. The van der Waals surface area contributed by atoms with Crippen LogP contribution < -0.4 is 10.6 Å². The molecule has 5 heteroatoms. The van der Waals surface area contributed by atoms with E-state index in [1.807, 2.05) is 67.6 Å². The Bertz CT molecular complexity index is 1270. The van der Waals surface area contributed by atoms with Gasteiger partial charge in [-0.3, -0.25) is 0 Å². The summed E-state index contributed by atoms with van der Waals surface area (Å²) in [5, 5.41) is 9.01. The van der Waals surface area contributed by atoms with Crippen molar-refractivity contribution in [2.75, 3.05) is 24.3 Å². The lowest BCUT2D eigenvalue weighted by Crippen LogP contribution is -2.10. The van der Waals surface area contributed by atoms with Crippen molar-refractivity contribution in [3.8, 4) is 0 Å². The highest BCUT2D eigenvalue weighted by Crippen LogP contribution is 2.22.